The molecule has 4 rings (SSSR count). The van der Waals surface area contributed by atoms with Gasteiger partial charge in [0.25, 0.3) is 5.91 Å². The van der Waals surface area contributed by atoms with Gasteiger partial charge >= 0.3 is 0 Å². The molecule has 0 aliphatic carbocycles. The minimum absolute atomic E-state index is 0.0663. The Morgan fingerprint density at radius 1 is 1.27 bits per heavy atom. The Labute approximate surface area is 155 Å². The van der Waals surface area contributed by atoms with Gasteiger partial charge in [-0.2, -0.15) is 16.3 Å². The van der Waals surface area contributed by atoms with Crippen LogP contribution in [0.3, 0.4) is 0 Å². The Hall–Kier alpha value is -2.51. The minimum Gasteiger partial charge on any atom is -0.376 e. The van der Waals surface area contributed by atoms with Crippen molar-refractivity contribution < 1.29 is 14.1 Å². The van der Waals surface area contributed by atoms with Crippen LogP contribution in [0.2, 0.25) is 0 Å². The summed E-state index contributed by atoms with van der Waals surface area (Å²) in [7, 11) is 0. The lowest BCUT2D eigenvalue weighted by molar-refractivity contribution is 0.0570. The van der Waals surface area contributed by atoms with E-state index in [1.54, 1.807) is 4.90 Å². The zero-order chi connectivity index (χ0) is 17.8. The Bertz CT molecular complexity index is 842. The Balaban J connectivity index is 1.21. The SMILES string of the molecule is O=C(c1ccsc1)N1CC(c2nc(CCOCc3ccccc3)no2)C1. The van der Waals surface area contributed by atoms with Gasteiger partial charge in [-0.25, -0.2) is 0 Å². The van der Waals surface area contributed by atoms with Gasteiger partial charge in [-0.1, -0.05) is 35.5 Å². The first-order chi connectivity index (χ1) is 12.8. The molecule has 1 saturated heterocycles. The summed E-state index contributed by atoms with van der Waals surface area (Å²) in [5.41, 5.74) is 1.89. The summed E-state index contributed by atoms with van der Waals surface area (Å²) < 4.78 is 11.0. The summed E-state index contributed by atoms with van der Waals surface area (Å²) in [6, 6.07) is 11.9. The zero-order valence-corrected chi connectivity index (χ0v) is 15.0. The summed E-state index contributed by atoms with van der Waals surface area (Å²) in [4.78, 5) is 18.5. The number of thiophene rings is 1. The highest BCUT2D eigenvalue weighted by Gasteiger charge is 2.36. The molecule has 1 aliphatic rings. The monoisotopic (exact) mass is 369 g/mol. The average molecular weight is 369 g/mol. The highest BCUT2D eigenvalue weighted by Crippen LogP contribution is 2.27. The number of amides is 1. The molecule has 2 aromatic heterocycles. The van der Waals surface area contributed by atoms with Gasteiger partial charge < -0.3 is 14.2 Å². The third kappa shape index (κ3) is 3.84. The molecule has 1 fully saturated rings. The van der Waals surface area contributed by atoms with Crippen LogP contribution < -0.4 is 0 Å². The first-order valence-electron chi connectivity index (χ1n) is 8.55. The molecule has 6 nitrogen and oxygen atoms in total. The third-order valence-electron chi connectivity index (χ3n) is 4.35. The van der Waals surface area contributed by atoms with Crippen molar-refractivity contribution in [1.82, 2.24) is 15.0 Å². The van der Waals surface area contributed by atoms with E-state index < -0.39 is 0 Å². The number of ether oxygens (including phenoxy) is 1. The van der Waals surface area contributed by atoms with E-state index in [1.165, 1.54) is 11.3 Å². The molecule has 3 aromatic rings. The van der Waals surface area contributed by atoms with E-state index in [-0.39, 0.29) is 11.8 Å². The molecular weight excluding hydrogens is 350 g/mol. The highest BCUT2D eigenvalue weighted by atomic mass is 32.1. The first kappa shape index (κ1) is 16.9. The van der Waals surface area contributed by atoms with Crippen LogP contribution in [0, 0.1) is 0 Å². The second kappa shape index (κ2) is 7.80. The van der Waals surface area contributed by atoms with Crippen molar-refractivity contribution in [1.29, 1.82) is 0 Å². The molecule has 0 saturated carbocycles. The molecule has 7 heteroatoms. The van der Waals surface area contributed by atoms with Crippen molar-refractivity contribution in [2.24, 2.45) is 0 Å². The molecule has 134 valence electrons. The van der Waals surface area contributed by atoms with E-state index in [0.29, 0.717) is 44.4 Å². The average Bonchev–Trinajstić information content (AvgIpc) is 3.30. The molecule has 0 radical (unpaired) electrons. The van der Waals surface area contributed by atoms with Crippen LogP contribution in [-0.4, -0.2) is 40.6 Å². The van der Waals surface area contributed by atoms with Gasteiger partial charge in [0.05, 0.1) is 24.7 Å². The van der Waals surface area contributed by atoms with Crippen LogP contribution in [0.5, 0.6) is 0 Å². The fraction of sp³-hybridized carbons (Fsp3) is 0.316. The molecule has 1 amide bonds. The maximum absolute atomic E-state index is 12.2. The summed E-state index contributed by atoms with van der Waals surface area (Å²) >= 11 is 1.53. The van der Waals surface area contributed by atoms with Crippen molar-refractivity contribution in [3.05, 3.63) is 70.0 Å². The maximum Gasteiger partial charge on any atom is 0.254 e. The molecule has 0 N–H and O–H groups in total. The van der Waals surface area contributed by atoms with E-state index in [2.05, 4.69) is 10.1 Å². The molecule has 0 bridgehead atoms. The van der Waals surface area contributed by atoms with Crippen LogP contribution in [0.15, 0.2) is 51.7 Å². The van der Waals surface area contributed by atoms with Gasteiger partial charge in [0.15, 0.2) is 5.82 Å². The lowest BCUT2D eigenvalue weighted by atomic mass is 9.99. The van der Waals surface area contributed by atoms with Crippen LogP contribution in [-0.2, 0) is 17.8 Å². The van der Waals surface area contributed by atoms with Crippen LogP contribution >= 0.6 is 11.3 Å². The van der Waals surface area contributed by atoms with E-state index in [1.807, 2.05) is 47.2 Å². The molecule has 1 aliphatic heterocycles. The summed E-state index contributed by atoms with van der Waals surface area (Å²) in [6.07, 6.45) is 0.612. The van der Waals surface area contributed by atoms with Crippen molar-refractivity contribution in [3.63, 3.8) is 0 Å². The molecule has 0 atom stereocenters. The largest absolute Gasteiger partial charge is 0.376 e. The Morgan fingerprint density at radius 2 is 2.12 bits per heavy atom. The van der Waals surface area contributed by atoms with Crippen molar-refractivity contribution >= 4 is 17.2 Å². The van der Waals surface area contributed by atoms with Crippen LogP contribution in [0.4, 0.5) is 0 Å². The predicted octanol–water partition coefficient (Wildman–Crippen LogP) is 3.13. The van der Waals surface area contributed by atoms with E-state index in [0.717, 1.165) is 11.1 Å². The Kier molecular flexibility index (Phi) is 5.08. The quantitative estimate of drug-likeness (QED) is 0.599. The Morgan fingerprint density at radius 3 is 2.88 bits per heavy atom. The number of hydrogen-bond acceptors (Lipinski definition) is 6. The minimum atomic E-state index is 0.0663. The van der Waals surface area contributed by atoms with Crippen LogP contribution in [0.1, 0.15) is 33.6 Å². The van der Waals surface area contributed by atoms with E-state index in [9.17, 15) is 4.79 Å². The van der Waals surface area contributed by atoms with E-state index >= 15 is 0 Å². The normalized spacial score (nSPS) is 14.4. The van der Waals surface area contributed by atoms with Crippen molar-refractivity contribution in [2.75, 3.05) is 19.7 Å². The lowest BCUT2D eigenvalue weighted by Gasteiger charge is -2.36. The summed E-state index contributed by atoms with van der Waals surface area (Å²) in [5.74, 6) is 1.45. The van der Waals surface area contributed by atoms with Gasteiger partial charge in [-0.15, -0.1) is 0 Å². The van der Waals surface area contributed by atoms with Gasteiger partial charge in [0.1, 0.15) is 0 Å². The van der Waals surface area contributed by atoms with Gasteiger partial charge in [0.2, 0.25) is 5.89 Å². The molecule has 1 aromatic carbocycles. The first-order valence-corrected chi connectivity index (χ1v) is 9.49. The van der Waals surface area contributed by atoms with Crippen molar-refractivity contribution in [2.45, 2.75) is 18.9 Å². The number of likely N-dealkylation sites (tertiary alicyclic amines) is 1. The standard InChI is InChI=1S/C19H19N3O3S/c23-19(15-7-9-26-13-15)22-10-16(11-22)18-20-17(21-25-18)6-8-24-12-14-4-2-1-3-5-14/h1-5,7,9,13,16H,6,8,10-12H2. The fourth-order valence-corrected chi connectivity index (χ4v) is 3.46. The maximum atomic E-state index is 12.2. The summed E-state index contributed by atoms with van der Waals surface area (Å²) in [5, 5.41) is 7.80. The number of carbonyl (C=O) groups excluding carboxylic acids is 1. The lowest BCUT2D eigenvalue weighted by Crippen LogP contribution is -2.48. The van der Waals surface area contributed by atoms with Gasteiger partial charge in [-0.05, 0) is 17.0 Å². The third-order valence-corrected chi connectivity index (χ3v) is 5.03. The molecule has 26 heavy (non-hydrogen) atoms. The second-order valence-electron chi connectivity index (χ2n) is 6.26. The number of benzene rings is 1. The molecule has 0 spiro atoms. The topological polar surface area (TPSA) is 68.5 Å². The smallest absolute Gasteiger partial charge is 0.254 e. The molecule has 0 unspecified atom stereocenters. The van der Waals surface area contributed by atoms with Gasteiger partial charge in [0, 0.05) is 24.9 Å². The number of carbonyl (C=O) groups is 1. The predicted molar refractivity (Wildman–Crippen MR) is 97.1 cm³/mol. The zero-order valence-electron chi connectivity index (χ0n) is 14.2. The number of aromatic nitrogens is 2. The highest BCUT2D eigenvalue weighted by molar-refractivity contribution is 7.08. The van der Waals surface area contributed by atoms with E-state index in [4.69, 9.17) is 9.26 Å². The second-order valence-corrected chi connectivity index (χ2v) is 7.04. The number of rotatable bonds is 7. The number of nitrogens with zero attached hydrogens (tertiary/aromatic N) is 3. The summed E-state index contributed by atoms with van der Waals surface area (Å²) in [6.45, 7) is 2.37. The number of hydrogen-bond donors (Lipinski definition) is 0. The fourth-order valence-electron chi connectivity index (χ4n) is 2.83. The van der Waals surface area contributed by atoms with Crippen molar-refractivity contribution in [3.8, 4) is 0 Å². The molecular formula is C19H19N3O3S. The van der Waals surface area contributed by atoms with Crippen LogP contribution in [0.25, 0.3) is 0 Å². The molecule has 3 heterocycles. The van der Waals surface area contributed by atoms with Gasteiger partial charge in [-0.3, -0.25) is 4.79 Å².